The van der Waals surface area contributed by atoms with Gasteiger partial charge in [0.05, 0.1) is 24.5 Å². The third-order valence-corrected chi connectivity index (χ3v) is 5.49. The van der Waals surface area contributed by atoms with Crippen LogP contribution in [0.25, 0.3) is 11.0 Å². The number of benzene rings is 2. The third-order valence-electron chi connectivity index (χ3n) is 4.94. The summed E-state index contributed by atoms with van der Waals surface area (Å²) in [5.41, 5.74) is 1.32. The molecule has 30 heavy (non-hydrogen) atoms. The Morgan fingerprint density at radius 1 is 1.20 bits per heavy atom. The van der Waals surface area contributed by atoms with E-state index in [9.17, 15) is 14.4 Å². The molecule has 1 aromatic heterocycles. The zero-order chi connectivity index (χ0) is 21.3. The topological polar surface area (TPSA) is 114 Å². The van der Waals surface area contributed by atoms with Gasteiger partial charge in [0.2, 0.25) is 5.91 Å². The number of ether oxygens (including phenoxy) is 1. The highest BCUT2D eigenvalue weighted by molar-refractivity contribution is 7.00. The van der Waals surface area contributed by atoms with Gasteiger partial charge in [0.1, 0.15) is 28.9 Å². The first-order valence-corrected chi connectivity index (χ1v) is 9.91. The van der Waals surface area contributed by atoms with E-state index in [-0.39, 0.29) is 6.42 Å². The van der Waals surface area contributed by atoms with Crippen LogP contribution in [0.4, 0.5) is 10.5 Å². The fourth-order valence-corrected chi connectivity index (χ4v) is 4.03. The Bertz CT molecular complexity index is 1150. The molecule has 10 heteroatoms. The van der Waals surface area contributed by atoms with Crippen molar-refractivity contribution in [2.45, 2.75) is 18.9 Å². The van der Waals surface area contributed by atoms with Gasteiger partial charge >= 0.3 is 6.03 Å². The van der Waals surface area contributed by atoms with Gasteiger partial charge in [0.25, 0.3) is 5.91 Å². The molecule has 9 nitrogen and oxygen atoms in total. The van der Waals surface area contributed by atoms with Crippen LogP contribution in [0, 0.1) is 0 Å². The van der Waals surface area contributed by atoms with E-state index in [1.807, 2.05) is 18.2 Å². The van der Waals surface area contributed by atoms with Crippen LogP contribution < -0.4 is 15.4 Å². The number of fused-ring (bicyclic) bond motifs is 1. The zero-order valence-corrected chi connectivity index (χ0v) is 17.2. The second-order valence-electron chi connectivity index (χ2n) is 7.13. The number of amides is 4. The number of hydrogen-bond acceptors (Lipinski definition) is 7. The van der Waals surface area contributed by atoms with Crippen molar-refractivity contribution in [3.05, 3.63) is 48.0 Å². The minimum Gasteiger partial charge on any atom is -0.496 e. The average molecular weight is 425 g/mol. The first-order chi connectivity index (χ1) is 14.4. The number of para-hydroxylation sites is 1. The van der Waals surface area contributed by atoms with Gasteiger partial charge < -0.3 is 15.4 Å². The second-order valence-corrected chi connectivity index (χ2v) is 7.66. The molecule has 1 aliphatic rings. The summed E-state index contributed by atoms with van der Waals surface area (Å²) < 4.78 is 13.6. The standard InChI is InChI=1S/C20H19N5O4S/c1-20(10-12-6-3-4-9-15(12)29-2)18(27)25(19(28)22-20)11-16(26)21-13-7-5-8-14-17(13)24-30-23-14/h3-9H,10-11H2,1-2H3,(H,21,26)(H,22,28). The lowest BCUT2D eigenvalue weighted by molar-refractivity contribution is -0.133. The van der Waals surface area contributed by atoms with Crippen LogP contribution in [0.15, 0.2) is 42.5 Å². The normalized spacial score (nSPS) is 18.5. The molecule has 1 unspecified atom stereocenters. The number of imide groups is 1. The predicted octanol–water partition coefficient (Wildman–Crippen LogP) is 2.19. The smallest absolute Gasteiger partial charge is 0.325 e. The molecule has 2 heterocycles. The van der Waals surface area contributed by atoms with Crippen molar-refractivity contribution in [2.75, 3.05) is 19.0 Å². The number of methoxy groups -OCH3 is 1. The molecule has 0 spiro atoms. The highest BCUT2D eigenvalue weighted by atomic mass is 32.1. The average Bonchev–Trinajstić information content (AvgIpc) is 3.28. The lowest BCUT2D eigenvalue weighted by Crippen LogP contribution is -2.46. The van der Waals surface area contributed by atoms with Crippen molar-refractivity contribution < 1.29 is 19.1 Å². The fraction of sp³-hybridized carbons (Fsp3) is 0.250. The molecular formula is C20H19N5O4S. The minimum absolute atomic E-state index is 0.240. The maximum Gasteiger partial charge on any atom is 0.325 e. The Kier molecular flexibility index (Phi) is 5.08. The minimum atomic E-state index is -1.18. The molecule has 2 aromatic carbocycles. The predicted molar refractivity (Wildman–Crippen MR) is 111 cm³/mol. The first kappa shape index (κ1) is 19.8. The summed E-state index contributed by atoms with van der Waals surface area (Å²) in [4.78, 5) is 38.9. The number of rotatable bonds is 6. The van der Waals surface area contributed by atoms with Gasteiger partial charge in [-0.25, -0.2) is 4.79 Å². The SMILES string of the molecule is COc1ccccc1CC1(C)NC(=O)N(CC(=O)Nc2cccc3nsnc23)C1=O. The monoisotopic (exact) mass is 425 g/mol. The van der Waals surface area contributed by atoms with Crippen molar-refractivity contribution in [1.82, 2.24) is 19.0 Å². The molecule has 0 aliphatic carbocycles. The van der Waals surface area contributed by atoms with Crippen LogP contribution in [0.1, 0.15) is 12.5 Å². The van der Waals surface area contributed by atoms with Crippen molar-refractivity contribution in [3.8, 4) is 5.75 Å². The zero-order valence-electron chi connectivity index (χ0n) is 16.3. The Morgan fingerprint density at radius 2 is 2.00 bits per heavy atom. The summed E-state index contributed by atoms with van der Waals surface area (Å²) in [6, 6.07) is 11.9. The molecule has 4 amide bonds. The molecule has 1 atom stereocenters. The van der Waals surface area contributed by atoms with E-state index in [4.69, 9.17) is 4.74 Å². The Labute approximate surface area is 176 Å². The van der Waals surface area contributed by atoms with Gasteiger partial charge in [-0.2, -0.15) is 8.75 Å². The Balaban J connectivity index is 1.48. The summed E-state index contributed by atoms with van der Waals surface area (Å²) in [6.07, 6.45) is 0.240. The number of carbonyl (C=O) groups excluding carboxylic acids is 3. The van der Waals surface area contributed by atoms with Gasteiger partial charge in [-0.3, -0.25) is 14.5 Å². The lowest BCUT2D eigenvalue weighted by atomic mass is 9.92. The Morgan fingerprint density at radius 3 is 2.80 bits per heavy atom. The fourth-order valence-electron chi connectivity index (χ4n) is 3.48. The third kappa shape index (κ3) is 3.57. The number of anilines is 1. The van der Waals surface area contributed by atoms with Crippen molar-refractivity contribution >= 4 is 46.3 Å². The van der Waals surface area contributed by atoms with Crippen molar-refractivity contribution in [3.63, 3.8) is 0 Å². The van der Waals surface area contributed by atoms with E-state index in [2.05, 4.69) is 19.4 Å². The summed E-state index contributed by atoms with van der Waals surface area (Å²) in [7, 11) is 1.55. The van der Waals surface area contributed by atoms with Crippen LogP contribution in [0.2, 0.25) is 0 Å². The lowest BCUT2D eigenvalue weighted by Gasteiger charge is -2.22. The second kappa shape index (κ2) is 7.71. The van der Waals surface area contributed by atoms with Crippen molar-refractivity contribution in [2.24, 2.45) is 0 Å². The molecule has 2 N–H and O–H groups in total. The van der Waals surface area contributed by atoms with E-state index in [0.29, 0.717) is 22.5 Å². The molecule has 0 saturated carbocycles. The van der Waals surface area contributed by atoms with Crippen LogP contribution in [-0.2, 0) is 16.0 Å². The highest BCUT2D eigenvalue weighted by Crippen LogP contribution is 2.27. The summed E-state index contributed by atoms with van der Waals surface area (Å²) in [6.45, 7) is 1.24. The molecule has 0 radical (unpaired) electrons. The van der Waals surface area contributed by atoms with E-state index in [1.54, 1.807) is 38.3 Å². The number of nitrogens with one attached hydrogen (secondary N) is 2. The molecular weight excluding hydrogens is 406 g/mol. The Hall–Kier alpha value is -3.53. The molecule has 1 aliphatic heterocycles. The quantitative estimate of drug-likeness (QED) is 0.586. The van der Waals surface area contributed by atoms with Gasteiger partial charge in [-0.15, -0.1) is 0 Å². The summed E-state index contributed by atoms with van der Waals surface area (Å²) in [5.74, 6) is -0.343. The summed E-state index contributed by atoms with van der Waals surface area (Å²) >= 11 is 1.04. The van der Waals surface area contributed by atoms with E-state index in [0.717, 1.165) is 22.2 Å². The number of urea groups is 1. The largest absolute Gasteiger partial charge is 0.496 e. The first-order valence-electron chi connectivity index (χ1n) is 9.18. The van der Waals surface area contributed by atoms with Gasteiger partial charge in [0, 0.05) is 6.42 Å². The number of aromatic nitrogens is 2. The highest BCUT2D eigenvalue weighted by Gasteiger charge is 2.48. The molecule has 4 rings (SSSR count). The number of nitrogens with zero attached hydrogens (tertiary/aromatic N) is 3. The van der Waals surface area contributed by atoms with Crippen molar-refractivity contribution in [1.29, 1.82) is 0 Å². The molecule has 0 bridgehead atoms. The van der Waals surface area contributed by atoms with E-state index in [1.165, 1.54) is 0 Å². The van der Waals surface area contributed by atoms with Crippen LogP contribution in [-0.4, -0.2) is 50.7 Å². The number of carbonyl (C=O) groups is 3. The van der Waals surface area contributed by atoms with Crippen LogP contribution in [0.3, 0.4) is 0 Å². The van der Waals surface area contributed by atoms with Gasteiger partial charge in [-0.1, -0.05) is 24.3 Å². The maximum absolute atomic E-state index is 13.0. The summed E-state index contributed by atoms with van der Waals surface area (Å²) in [5, 5.41) is 5.41. The molecule has 3 aromatic rings. The molecule has 1 fully saturated rings. The maximum atomic E-state index is 13.0. The molecule has 1 saturated heterocycles. The van der Waals surface area contributed by atoms with Crippen LogP contribution in [0.5, 0.6) is 5.75 Å². The van der Waals surface area contributed by atoms with Gasteiger partial charge in [-0.05, 0) is 30.7 Å². The van der Waals surface area contributed by atoms with E-state index >= 15 is 0 Å². The van der Waals surface area contributed by atoms with Crippen LogP contribution >= 0.6 is 11.7 Å². The number of hydrogen-bond donors (Lipinski definition) is 2. The molecule has 154 valence electrons. The van der Waals surface area contributed by atoms with E-state index < -0.39 is 29.9 Å². The van der Waals surface area contributed by atoms with Gasteiger partial charge in [0.15, 0.2) is 0 Å².